The fourth-order valence-electron chi connectivity index (χ4n) is 1.99. The zero-order valence-electron chi connectivity index (χ0n) is 10.8. The molecule has 1 heterocycles. The SMILES string of the molecule is COc1cc(C(C)(C)CO)cc2c1ccn2C. The van der Waals surface area contributed by atoms with Crippen molar-refractivity contribution >= 4 is 10.9 Å². The highest BCUT2D eigenvalue weighted by Crippen LogP contribution is 2.33. The number of rotatable bonds is 3. The number of ether oxygens (including phenoxy) is 1. The topological polar surface area (TPSA) is 34.4 Å². The first-order valence-electron chi connectivity index (χ1n) is 5.74. The van der Waals surface area contributed by atoms with Crippen molar-refractivity contribution in [2.45, 2.75) is 19.3 Å². The Balaban J connectivity index is 2.71. The van der Waals surface area contributed by atoms with Gasteiger partial charge in [0.2, 0.25) is 0 Å². The molecule has 3 nitrogen and oxygen atoms in total. The number of hydrogen-bond acceptors (Lipinski definition) is 2. The van der Waals surface area contributed by atoms with E-state index in [4.69, 9.17) is 4.74 Å². The van der Waals surface area contributed by atoms with Crippen LogP contribution >= 0.6 is 0 Å². The van der Waals surface area contributed by atoms with Gasteiger partial charge in [0.1, 0.15) is 5.75 Å². The number of aliphatic hydroxyl groups is 1. The summed E-state index contributed by atoms with van der Waals surface area (Å²) in [6, 6.07) is 6.18. The zero-order valence-corrected chi connectivity index (χ0v) is 10.8. The summed E-state index contributed by atoms with van der Waals surface area (Å²) in [6.45, 7) is 4.17. The Labute approximate surface area is 102 Å². The molecule has 3 heteroatoms. The van der Waals surface area contributed by atoms with Crippen LogP contribution in [-0.4, -0.2) is 23.4 Å². The van der Waals surface area contributed by atoms with E-state index < -0.39 is 0 Å². The number of nitrogens with zero attached hydrogens (tertiary/aromatic N) is 1. The van der Waals surface area contributed by atoms with Gasteiger partial charge in [0.05, 0.1) is 19.2 Å². The molecule has 0 unspecified atom stereocenters. The molecular formula is C14H19NO2. The first-order chi connectivity index (χ1) is 7.99. The van der Waals surface area contributed by atoms with Crippen LogP contribution in [0.5, 0.6) is 5.75 Å². The summed E-state index contributed by atoms with van der Waals surface area (Å²) in [4.78, 5) is 0. The largest absolute Gasteiger partial charge is 0.496 e. The second-order valence-corrected chi connectivity index (χ2v) is 5.08. The second-order valence-electron chi connectivity index (χ2n) is 5.08. The minimum atomic E-state index is -0.258. The fourth-order valence-corrected chi connectivity index (χ4v) is 1.99. The van der Waals surface area contributed by atoms with Crippen LogP contribution in [0.4, 0.5) is 0 Å². The molecule has 0 radical (unpaired) electrons. The number of methoxy groups -OCH3 is 1. The molecule has 17 heavy (non-hydrogen) atoms. The highest BCUT2D eigenvalue weighted by Gasteiger charge is 2.21. The highest BCUT2D eigenvalue weighted by molar-refractivity contribution is 5.87. The van der Waals surface area contributed by atoms with Crippen LogP contribution in [0.1, 0.15) is 19.4 Å². The number of benzene rings is 1. The van der Waals surface area contributed by atoms with Gasteiger partial charge in [-0.3, -0.25) is 0 Å². The van der Waals surface area contributed by atoms with Gasteiger partial charge in [0.15, 0.2) is 0 Å². The van der Waals surface area contributed by atoms with E-state index in [1.54, 1.807) is 7.11 Å². The van der Waals surface area contributed by atoms with Gasteiger partial charge >= 0.3 is 0 Å². The molecule has 0 amide bonds. The lowest BCUT2D eigenvalue weighted by molar-refractivity contribution is 0.218. The smallest absolute Gasteiger partial charge is 0.128 e. The number of aliphatic hydroxyl groups excluding tert-OH is 1. The van der Waals surface area contributed by atoms with E-state index in [0.717, 1.165) is 22.2 Å². The van der Waals surface area contributed by atoms with Crippen LogP contribution in [0.3, 0.4) is 0 Å². The van der Waals surface area contributed by atoms with Gasteiger partial charge in [-0.05, 0) is 23.8 Å². The summed E-state index contributed by atoms with van der Waals surface area (Å²) in [6.07, 6.45) is 2.02. The average Bonchev–Trinajstić information content (AvgIpc) is 2.70. The molecule has 2 aromatic rings. The maximum absolute atomic E-state index is 9.46. The molecule has 92 valence electrons. The average molecular weight is 233 g/mol. The van der Waals surface area contributed by atoms with Gasteiger partial charge < -0.3 is 14.4 Å². The van der Waals surface area contributed by atoms with Crippen molar-refractivity contribution in [3.63, 3.8) is 0 Å². The predicted molar refractivity (Wildman–Crippen MR) is 69.6 cm³/mol. The minimum Gasteiger partial charge on any atom is -0.496 e. The van der Waals surface area contributed by atoms with E-state index in [1.807, 2.05) is 39.2 Å². The predicted octanol–water partition coefficient (Wildman–Crippen LogP) is 2.46. The van der Waals surface area contributed by atoms with Gasteiger partial charge in [0, 0.05) is 24.0 Å². The van der Waals surface area contributed by atoms with Gasteiger partial charge in [-0.1, -0.05) is 13.8 Å². The number of aromatic nitrogens is 1. The van der Waals surface area contributed by atoms with Crippen LogP contribution in [0.15, 0.2) is 24.4 Å². The van der Waals surface area contributed by atoms with Gasteiger partial charge in [-0.2, -0.15) is 0 Å². The first kappa shape index (κ1) is 12.0. The summed E-state index contributed by atoms with van der Waals surface area (Å²) >= 11 is 0. The van der Waals surface area contributed by atoms with Crippen molar-refractivity contribution in [1.82, 2.24) is 4.57 Å². The summed E-state index contributed by atoms with van der Waals surface area (Å²) in [5, 5.41) is 10.6. The van der Waals surface area contributed by atoms with E-state index >= 15 is 0 Å². The normalized spacial score (nSPS) is 12.1. The van der Waals surface area contributed by atoms with E-state index in [9.17, 15) is 5.11 Å². The van der Waals surface area contributed by atoms with Crippen molar-refractivity contribution < 1.29 is 9.84 Å². The molecule has 2 rings (SSSR count). The molecule has 1 aromatic heterocycles. The number of aryl methyl sites for hydroxylation is 1. The summed E-state index contributed by atoms with van der Waals surface area (Å²) in [5.41, 5.74) is 1.96. The lowest BCUT2D eigenvalue weighted by atomic mass is 9.85. The molecule has 0 bridgehead atoms. The fraction of sp³-hybridized carbons (Fsp3) is 0.429. The van der Waals surface area contributed by atoms with Crippen molar-refractivity contribution in [3.05, 3.63) is 30.0 Å². The van der Waals surface area contributed by atoms with Crippen molar-refractivity contribution in [1.29, 1.82) is 0 Å². The molecule has 0 saturated carbocycles. The summed E-state index contributed by atoms with van der Waals surface area (Å²) in [5.74, 6) is 0.861. The van der Waals surface area contributed by atoms with Crippen molar-refractivity contribution in [3.8, 4) is 5.75 Å². The maximum Gasteiger partial charge on any atom is 0.128 e. The maximum atomic E-state index is 9.46. The van der Waals surface area contributed by atoms with E-state index in [1.165, 1.54) is 0 Å². The molecule has 0 aliphatic rings. The van der Waals surface area contributed by atoms with Crippen molar-refractivity contribution in [2.75, 3.05) is 13.7 Å². The molecule has 1 N–H and O–H groups in total. The molecule has 0 atom stereocenters. The van der Waals surface area contributed by atoms with E-state index in [0.29, 0.717) is 0 Å². The number of fused-ring (bicyclic) bond motifs is 1. The summed E-state index contributed by atoms with van der Waals surface area (Å²) in [7, 11) is 3.69. The van der Waals surface area contributed by atoms with Gasteiger partial charge in [0.25, 0.3) is 0 Å². The second kappa shape index (κ2) is 4.08. The summed E-state index contributed by atoms with van der Waals surface area (Å²) < 4.78 is 7.49. The minimum absolute atomic E-state index is 0.117. The van der Waals surface area contributed by atoms with Crippen LogP contribution in [-0.2, 0) is 12.5 Å². The Morgan fingerprint density at radius 3 is 2.65 bits per heavy atom. The molecule has 0 aliphatic heterocycles. The number of hydrogen-bond donors (Lipinski definition) is 1. The van der Waals surface area contributed by atoms with Gasteiger partial charge in [-0.25, -0.2) is 0 Å². The molecule has 0 saturated heterocycles. The van der Waals surface area contributed by atoms with Gasteiger partial charge in [-0.15, -0.1) is 0 Å². The van der Waals surface area contributed by atoms with Crippen LogP contribution in [0.2, 0.25) is 0 Å². The molecular weight excluding hydrogens is 214 g/mol. The van der Waals surface area contributed by atoms with Crippen LogP contribution in [0, 0.1) is 0 Å². The Morgan fingerprint density at radius 2 is 2.06 bits per heavy atom. The molecule has 0 aliphatic carbocycles. The van der Waals surface area contributed by atoms with Crippen molar-refractivity contribution in [2.24, 2.45) is 7.05 Å². The van der Waals surface area contributed by atoms with Crippen LogP contribution in [0.25, 0.3) is 10.9 Å². The van der Waals surface area contributed by atoms with E-state index in [2.05, 4.69) is 10.6 Å². The van der Waals surface area contributed by atoms with E-state index in [-0.39, 0.29) is 12.0 Å². The quantitative estimate of drug-likeness (QED) is 0.883. The first-order valence-corrected chi connectivity index (χ1v) is 5.74. The Morgan fingerprint density at radius 1 is 1.35 bits per heavy atom. The van der Waals surface area contributed by atoms with Crippen LogP contribution < -0.4 is 4.74 Å². The molecule has 0 fully saturated rings. The molecule has 1 aromatic carbocycles. The Hall–Kier alpha value is -1.48. The third-order valence-corrected chi connectivity index (χ3v) is 3.36. The molecule has 0 spiro atoms. The zero-order chi connectivity index (χ0) is 12.6. The third kappa shape index (κ3) is 1.91. The Kier molecular flexibility index (Phi) is 2.87. The monoisotopic (exact) mass is 233 g/mol. The lowest BCUT2D eigenvalue weighted by Gasteiger charge is -2.23. The lowest BCUT2D eigenvalue weighted by Crippen LogP contribution is -2.22. The standard InChI is InChI=1S/C14H19NO2/c1-14(2,9-16)10-7-12-11(5-6-15(12)3)13(8-10)17-4/h5-8,16H,9H2,1-4H3. The third-order valence-electron chi connectivity index (χ3n) is 3.36. The Bertz CT molecular complexity index is 540. The highest BCUT2D eigenvalue weighted by atomic mass is 16.5.